The fourth-order valence-corrected chi connectivity index (χ4v) is 1.39. The van der Waals surface area contributed by atoms with Gasteiger partial charge in [0.1, 0.15) is 0 Å². The van der Waals surface area contributed by atoms with Gasteiger partial charge >= 0.3 is 0 Å². The number of hydrogen-bond acceptors (Lipinski definition) is 4. The molecule has 6 N–H and O–H groups in total. The maximum atomic E-state index is 5.67. The summed E-state index contributed by atoms with van der Waals surface area (Å²) in [6.07, 6.45) is 0. The van der Waals surface area contributed by atoms with Crippen LogP contribution >= 0.6 is 0 Å². The minimum atomic E-state index is -0.283. The van der Waals surface area contributed by atoms with E-state index in [2.05, 4.69) is 0 Å². The average Bonchev–Trinajstić information content (AvgIpc) is 2.37. The van der Waals surface area contributed by atoms with Gasteiger partial charge in [-0.2, -0.15) is 0 Å². The summed E-state index contributed by atoms with van der Waals surface area (Å²) in [7, 11) is 0. The summed E-state index contributed by atoms with van der Waals surface area (Å²) < 4.78 is 5.62. The lowest BCUT2D eigenvalue weighted by Crippen LogP contribution is -2.47. The van der Waals surface area contributed by atoms with Crippen molar-refractivity contribution in [3.63, 3.8) is 0 Å². The van der Waals surface area contributed by atoms with E-state index in [0.717, 1.165) is 5.56 Å². The maximum absolute atomic E-state index is 5.67. The molecule has 0 spiro atoms. The third-order valence-electron chi connectivity index (χ3n) is 2.82. The quantitative estimate of drug-likeness (QED) is 0.610. The van der Waals surface area contributed by atoms with Gasteiger partial charge in [-0.3, -0.25) is 0 Å². The van der Waals surface area contributed by atoms with Gasteiger partial charge < -0.3 is 21.9 Å². The standard InChI is InChI=1S/C12H21N3O/c13-7-12(8-14,9-15)10-16-6-11-4-2-1-3-5-11/h1-5H,6-10,13-15H2. The molecule has 0 saturated heterocycles. The molecule has 0 heterocycles. The van der Waals surface area contributed by atoms with E-state index in [-0.39, 0.29) is 5.41 Å². The van der Waals surface area contributed by atoms with Crippen LogP contribution in [0.25, 0.3) is 0 Å². The molecule has 1 aromatic carbocycles. The molecule has 1 rings (SSSR count). The monoisotopic (exact) mass is 223 g/mol. The van der Waals surface area contributed by atoms with Crippen molar-refractivity contribution in [2.75, 3.05) is 26.2 Å². The smallest absolute Gasteiger partial charge is 0.0717 e. The van der Waals surface area contributed by atoms with Crippen molar-refractivity contribution in [1.29, 1.82) is 0 Å². The van der Waals surface area contributed by atoms with Gasteiger partial charge in [0.2, 0.25) is 0 Å². The van der Waals surface area contributed by atoms with E-state index in [1.54, 1.807) is 0 Å². The van der Waals surface area contributed by atoms with Gasteiger partial charge in [0.15, 0.2) is 0 Å². The van der Waals surface area contributed by atoms with Crippen LogP contribution < -0.4 is 17.2 Å². The molecule has 0 aliphatic rings. The van der Waals surface area contributed by atoms with Gasteiger partial charge in [0.25, 0.3) is 0 Å². The van der Waals surface area contributed by atoms with Crippen LogP contribution in [0.1, 0.15) is 5.56 Å². The van der Waals surface area contributed by atoms with Crippen LogP contribution in [0.15, 0.2) is 30.3 Å². The summed E-state index contributed by atoms with van der Waals surface area (Å²) in [5.74, 6) is 0. The SMILES string of the molecule is NCC(CN)(CN)COCc1ccccc1. The lowest BCUT2D eigenvalue weighted by atomic mass is 9.89. The van der Waals surface area contributed by atoms with Crippen LogP contribution in [-0.2, 0) is 11.3 Å². The summed E-state index contributed by atoms with van der Waals surface area (Å²) in [5, 5.41) is 0. The first-order valence-electron chi connectivity index (χ1n) is 5.48. The first-order chi connectivity index (χ1) is 7.76. The molecule has 0 bridgehead atoms. The number of rotatable bonds is 7. The molecular formula is C12H21N3O. The number of hydrogen-bond donors (Lipinski definition) is 3. The molecule has 90 valence electrons. The Morgan fingerprint density at radius 2 is 1.50 bits per heavy atom. The minimum absolute atomic E-state index is 0.283. The third kappa shape index (κ3) is 3.57. The Labute approximate surface area is 96.8 Å². The highest BCUT2D eigenvalue weighted by Gasteiger charge is 2.25. The van der Waals surface area contributed by atoms with Crippen molar-refractivity contribution in [1.82, 2.24) is 0 Å². The van der Waals surface area contributed by atoms with E-state index in [1.165, 1.54) is 0 Å². The number of benzene rings is 1. The molecular weight excluding hydrogens is 202 g/mol. The largest absolute Gasteiger partial charge is 0.376 e. The van der Waals surface area contributed by atoms with Gasteiger partial charge in [-0.25, -0.2) is 0 Å². The zero-order valence-corrected chi connectivity index (χ0v) is 9.56. The Kier molecular flexibility index (Phi) is 5.42. The van der Waals surface area contributed by atoms with E-state index in [9.17, 15) is 0 Å². The lowest BCUT2D eigenvalue weighted by Gasteiger charge is -2.29. The second-order valence-corrected chi connectivity index (χ2v) is 4.09. The molecule has 0 unspecified atom stereocenters. The second-order valence-electron chi connectivity index (χ2n) is 4.09. The van der Waals surface area contributed by atoms with Gasteiger partial charge in [-0.15, -0.1) is 0 Å². The fourth-order valence-electron chi connectivity index (χ4n) is 1.39. The van der Waals surface area contributed by atoms with E-state index in [0.29, 0.717) is 32.8 Å². The number of nitrogens with two attached hydrogens (primary N) is 3. The number of ether oxygens (including phenoxy) is 1. The highest BCUT2D eigenvalue weighted by Crippen LogP contribution is 2.13. The summed E-state index contributed by atoms with van der Waals surface area (Å²) in [6.45, 7) is 2.44. The van der Waals surface area contributed by atoms with Crippen molar-refractivity contribution in [3.8, 4) is 0 Å². The average molecular weight is 223 g/mol. The minimum Gasteiger partial charge on any atom is -0.376 e. The maximum Gasteiger partial charge on any atom is 0.0717 e. The molecule has 0 amide bonds. The van der Waals surface area contributed by atoms with Gasteiger partial charge in [-0.05, 0) is 5.56 Å². The second kappa shape index (κ2) is 6.60. The van der Waals surface area contributed by atoms with Crippen molar-refractivity contribution >= 4 is 0 Å². The molecule has 0 aliphatic heterocycles. The van der Waals surface area contributed by atoms with E-state index in [4.69, 9.17) is 21.9 Å². The molecule has 0 aliphatic carbocycles. The Hall–Kier alpha value is -0.940. The topological polar surface area (TPSA) is 87.3 Å². The summed E-state index contributed by atoms with van der Waals surface area (Å²) in [6, 6.07) is 10.00. The molecule has 0 fully saturated rings. The van der Waals surface area contributed by atoms with E-state index < -0.39 is 0 Å². The van der Waals surface area contributed by atoms with Crippen LogP contribution in [0.5, 0.6) is 0 Å². The lowest BCUT2D eigenvalue weighted by molar-refractivity contribution is 0.0457. The van der Waals surface area contributed by atoms with Crippen LogP contribution in [-0.4, -0.2) is 26.2 Å². The summed E-state index contributed by atoms with van der Waals surface area (Å²) >= 11 is 0. The van der Waals surface area contributed by atoms with Crippen LogP contribution in [0, 0.1) is 5.41 Å². The first kappa shape index (κ1) is 13.1. The van der Waals surface area contributed by atoms with Gasteiger partial charge in [0, 0.05) is 25.0 Å². The molecule has 0 saturated carbocycles. The predicted molar refractivity (Wildman–Crippen MR) is 65.7 cm³/mol. The first-order valence-corrected chi connectivity index (χ1v) is 5.48. The van der Waals surface area contributed by atoms with Crippen molar-refractivity contribution in [3.05, 3.63) is 35.9 Å². The van der Waals surface area contributed by atoms with Crippen molar-refractivity contribution in [2.24, 2.45) is 22.6 Å². The molecule has 1 aromatic rings. The van der Waals surface area contributed by atoms with Gasteiger partial charge in [0.05, 0.1) is 13.2 Å². The van der Waals surface area contributed by atoms with E-state index >= 15 is 0 Å². The molecule has 16 heavy (non-hydrogen) atoms. The highest BCUT2D eigenvalue weighted by molar-refractivity contribution is 5.13. The normalized spacial score (nSPS) is 11.7. The molecule has 0 radical (unpaired) electrons. The van der Waals surface area contributed by atoms with Crippen molar-refractivity contribution in [2.45, 2.75) is 6.61 Å². The summed E-state index contributed by atoms with van der Waals surface area (Å²) in [5.41, 5.74) is 17.9. The Morgan fingerprint density at radius 1 is 0.938 bits per heavy atom. The molecule has 0 aromatic heterocycles. The summed E-state index contributed by atoms with van der Waals surface area (Å²) in [4.78, 5) is 0. The molecule has 0 atom stereocenters. The van der Waals surface area contributed by atoms with Crippen LogP contribution in [0.3, 0.4) is 0 Å². The molecule has 4 heteroatoms. The highest BCUT2D eigenvalue weighted by atomic mass is 16.5. The van der Waals surface area contributed by atoms with Crippen LogP contribution in [0.2, 0.25) is 0 Å². The fraction of sp³-hybridized carbons (Fsp3) is 0.500. The van der Waals surface area contributed by atoms with Gasteiger partial charge in [-0.1, -0.05) is 30.3 Å². The zero-order chi connectivity index (χ0) is 11.9. The van der Waals surface area contributed by atoms with E-state index in [1.807, 2.05) is 30.3 Å². The Balaban J connectivity index is 2.39. The zero-order valence-electron chi connectivity index (χ0n) is 9.56. The Morgan fingerprint density at radius 3 is 2.00 bits per heavy atom. The van der Waals surface area contributed by atoms with Crippen LogP contribution in [0.4, 0.5) is 0 Å². The molecule has 4 nitrogen and oxygen atoms in total. The Bertz CT molecular complexity index is 277. The third-order valence-corrected chi connectivity index (χ3v) is 2.82. The van der Waals surface area contributed by atoms with Crippen molar-refractivity contribution < 1.29 is 4.74 Å². The predicted octanol–water partition coefficient (Wildman–Crippen LogP) is 0.0657.